The van der Waals surface area contributed by atoms with E-state index in [-0.39, 0.29) is 12.1 Å². The predicted octanol–water partition coefficient (Wildman–Crippen LogP) is 2.33. The molecule has 2 atom stereocenters. The van der Waals surface area contributed by atoms with Gasteiger partial charge in [0.25, 0.3) is 0 Å². The number of nitrogens with one attached hydrogen (secondary N) is 1. The molecule has 3 rings (SSSR count). The number of urea groups is 1. The van der Waals surface area contributed by atoms with Gasteiger partial charge in [0.15, 0.2) is 0 Å². The fourth-order valence-corrected chi connectivity index (χ4v) is 3.65. The van der Waals surface area contributed by atoms with Crippen molar-refractivity contribution < 1.29 is 9.53 Å². The molecular weight excluding hydrogens is 302 g/mol. The summed E-state index contributed by atoms with van der Waals surface area (Å²) < 4.78 is 5.49. The summed E-state index contributed by atoms with van der Waals surface area (Å²) in [5.74, 6) is 0.546. The summed E-state index contributed by atoms with van der Waals surface area (Å²) in [7, 11) is 0. The van der Waals surface area contributed by atoms with Crippen LogP contribution in [0, 0.1) is 5.92 Å². The van der Waals surface area contributed by atoms with Gasteiger partial charge in [0.2, 0.25) is 0 Å². The summed E-state index contributed by atoms with van der Waals surface area (Å²) in [5, 5.41) is 3.13. The molecule has 2 aliphatic heterocycles. The predicted molar refractivity (Wildman–Crippen MR) is 94.8 cm³/mol. The van der Waals surface area contributed by atoms with Crippen molar-refractivity contribution in [1.82, 2.24) is 15.1 Å². The quantitative estimate of drug-likeness (QED) is 0.921. The number of ether oxygens (including phenoxy) is 1. The lowest BCUT2D eigenvalue weighted by Gasteiger charge is -2.34. The van der Waals surface area contributed by atoms with Gasteiger partial charge in [-0.25, -0.2) is 4.79 Å². The van der Waals surface area contributed by atoms with Crippen LogP contribution in [-0.4, -0.2) is 61.3 Å². The van der Waals surface area contributed by atoms with Gasteiger partial charge in [-0.15, -0.1) is 0 Å². The number of benzene rings is 1. The number of nitrogens with zero attached hydrogens (tertiary/aromatic N) is 2. The summed E-state index contributed by atoms with van der Waals surface area (Å²) in [4.78, 5) is 16.7. The van der Waals surface area contributed by atoms with Crippen LogP contribution in [0.5, 0.6) is 0 Å². The first kappa shape index (κ1) is 17.2. The minimum Gasteiger partial charge on any atom is -0.375 e. The first-order chi connectivity index (χ1) is 11.7. The second-order valence-electron chi connectivity index (χ2n) is 7.04. The van der Waals surface area contributed by atoms with Gasteiger partial charge in [0.1, 0.15) is 0 Å². The Balaban J connectivity index is 1.42. The van der Waals surface area contributed by atoms with Crippen molar-refractivity contribution in [2.75, 3.05) is 39.3 Å². The largest absolute Gasteiger partial charge is 0.375 e. The SMILES string of the molecule is C[C@H]1CN(C(=O)NC[C@@H]2CCCN(Cc3ccccc3)C2)CCO1. The third kappa shape index (κ3) is 4.95. The summed E-state index contributed by atoms with van der Waals surface area (Å²) >= 11 is 0. The van der Waals surface area contributed by atoms with Gasteiger partial charge in [0.05, 0.1) is 12.7 Å². The van der Waals surface area contributed by atoms with E-state index in [0.717, 1.165) is 26.2 Å². The molecule has 2 fully saturated rings. The molecule has 5 nitrogen and oxygen atoms in total. The monoisotopic (exact) mass is 331 g/mol. The number of piperidine rings is 1. The lowest BCUT2D eigenvalue weighted by Crippen LogP contribution is -2.50. The minimum atomic E-state index is 0.0605. The number of rotatable bonds is 4. The molecule has 0 spiro atoms. The highest BCUT2D eigenvalue weighted by atomic mass is 16.5. The van der Waals surface area contributed by atoms with Crippen molar-refractivity contribution in [3.63, 3.8) is 0 Å². The van der Waals surface area contributed by atoms with E-state index in [0.29, 0.717) is 25.6 Å². The number of hydrogen-bond donors (Lipinski definition) is 1. The summed E-state index contributed by atoms with van der Waals surface area (Å²) in [6.45, 7) is 8.04. The molecule has 0 bridgehead atoms. The van der Waals surface area contributed by atoms with E-state index in [1.807, 2.05) is 11.8 Å². The van der Waals surface area contributed by atoms with Crippen LogP contribution in [0.15, 0.2) is 30.3 Å². The third-order valence-corrected chi connectivity index (χ3v) is 4.92. The number of hydrogen-bond acceptors (Lipinski definition) is 3. The molecule has 24 heavy (non-hydrogen) atoms. The Bertz CT molecular complexity index is 523. The molecule has 1 aromatic rings. The van der Waals surface area contributed by atoms with Crippen molar-refractivity contribution >= 4 is 6.03 Å². The van der Waals surface area contributed by atoms with Gasteiger partial charge < -0.3 is 15.0 Å². The van der Waals surface area contributed by atoms with Crippen molar-refractivity contribution in [2.24, 2.45) is 5.92 Å². The van der Waals surface area contributed by atoms with E-state index in [4.69, 9.17) is 4.74 Å². The van der Waals surface area contributed by atoms with E-state index in [1.165, 1.54) is 18.4 Å². The third-order valence-electron chi connectivity index (χ3n) is 4.92. The van der Waals surface area contributed by atoms with Gasteiger partial charge in [0, 0.05) is 32.7 Å². The Morgan fingerprint density at radius 2 is 2.08 bits per heavy atom. The van der Waals surface area contributed by atoms with Crippen LogP contribution in [0.1, 0.15) is 25.3 Å². The molecule has 2 heterocycles. The minimum absolute atomic E-state index is 0.0605. The van der Waals surface area contributed by atoms with E-state index in [1.54, 1.807) is 0 Å². The van der Waals surface area contributed by atoms with E-state index in [9.17, 15) is 4.79 Å². The molecular formula is C19H29N3O2. The highest BCUT2D eigenvalue weighted by molar-refractivity contribution is 5.74. The highest BCUT2D eigenvalue weighted by Crippen LogP contribution is 2.18. The summed E-state index contributed by atoms with van der Waals surface area (Å²) in [6.07, 6.45) is 2.55. The van der Waals surface area contributed by atoms with Crippen LogP contribution in [0.4, 0.5) is 4.79 Å². The average Bonchev–Trinajstić information content (AvgIpc) is 2.61. The van der Waals surface area contributed by atoms with E-state index >= 15 is 0 Å². The van der Waals surface area contributed by atoms with Crippen molar-refractivity contribution in [2.45, 2.75) is 32.4 Å². The smallest absolute Gasteiger partial charge is 0.317 e. The van der Waals surface area contributed by atoms with Crippen LogP contribution in [0.2, 0.25) is 0 Å². The molecule has 0 aromatic heterocycles. The van der Waals surface area contributed by atoms with Crippen LogP contribution in [0.3, 0.4) is 0 Å². The zero-order valence-electron chi connectivity index (χ0n) is 14.6. The standard InChI is InChI=1S/C19H29N3O2/c1-16-13-22(10-11-24-16)19(23)20-12-18-8-5-9-21(15-18)14-17-6-3-2-4-7-17/h2-4,6-7,16,18H,5,8-15H2,1H3,(H,20,23)/t16-,18-/m0/s1. The molecule has 0 aliphatic carbocycles. The molecule has 0 radical (unpaired) electrons. The first-order valence-electron chi connectivity index (χ1n) is 9.11. The Kier molecular flexibility index (Phi) is 6.10. The van der Waals surface area contributed by atoms with Crippen molar-refractivity contribution in [3.05, 3.63) is 35.9 Å². The average molecular weight is 331 g/mol. The molecule has 1 aromatic carbocycles. The lowest BCUT2D eigenvalue weighted by atomic mass is 9.97. The molecule has 2 saturated heterocycles. The Hall–Kier alpha value is -1.59. The number of carbonyl (C=O) groups excluding carboxylic acids is 1. The fourth-order valence-electron chi connectivity index (χ4n) is 3.65. The van der Waals surface area contributed by atoms with Crippen molar-refractivity contribution in [1.29, 1.82) is 0 Å². The molecule has 5 heteroatoms. The highest BCUT2D eigenvalue weighted by Gasteiger charge is 2.24. The maximum atomic E-state index is 12.3. The number of amides is 2. The second kappa shape index (κ2) is 8.49. The van der Waals surface area contributed by atoms with Gasteiger partial charge >= 0.3 is 6.03 Å². The van der Waals surface area contributed by atoms with Gasteiger partial charge in [-0.3, -0.25) is 4.90 Å². The molecule has 0 unspecified atom stereocenters. The van der Waals surface area contributed by atoms with Gasteiger partial charge in [-0.1, -0.05) is 30.3 Å². The van der Waals surface area contributed by atoms with Gasteiger partial charge in [-0.05, 0) is 37.8 Å². The van der Waals surface area contributed by atoms with Crippen molar-refractivity contribution in [3.8, 4) is 0 Å². The number of morpholine rings is 1. The zero-order valence-corrected chi connectivity index (χ0v) is 14.6. The van der Waals surface area contributed by atoms with E-state index < -0.39 is 0 Å². The van der Waals surface area contributed by atoms with E-state index in [2.05, 4.69) is 40.5 Å². The Morgan fingerprint density at radius 3 is 2.88 bits per heavy atom. The Morgan fingerprint density at radius 1 is 1.25 bits per heavy atom. The molecule has 1 N–H and O–H groups in total. The lowest BCUT2D eigenvalue weighted by molar-refractivity contribution is -0.00370. The maximum Gasteiger partial charge on any atom is 0.317 e. The Labute approximate surface area is 145 Å². The maximum absolute atomic E-state index is 12.3. The molecule has 2 aliphatic rings. The van der Waals surface area contributed by atoms with Crippen LogP contribution in [0.25, 0.3) is 0 Å². The normalized spacial score (nSPS) is 25.5. The van der Waals surface area contributed by atoms with Crippen LogP contribution >= 0.6 is 0 Å². The number of carbonyl (C=O) groups is 1. The molecule has 132 valence electrons. The molecule has 2 amide bonds. The van der Waals surface area contributed by atoms with Crippen LogP contribution in [-0.2, 0) is 11.3 Å². The fraction of sp³-hybridized carbons (Fsp3) is 0.632. The van der Waals surface area contributed by atoms with Crippen LogP contribution < -0.4 is 5.32 Å². The summed E-state index contributed by atoms with van der Waals surface area (Å²) in [5.41, 5.74) is 1.37. The topological polar surface area (TPSA) is 44.8 Å². The van der Waals surface area contributed by atoms with Gasteiger partial charge in [-0.2, -0.15) is 0 Å². The first-order valence-corrected chi connectivity index (χ1v) is 9.11. The number of likely N-dealkylation sites (tertiary alicyclic amines) is 1. The zero-order chi connectivity index (χ0) is 16.8. The molecule has 0 saturated carbocycles. The summed E-state index contributed by atoms with van der Waals surface area (Å²) in [6, 6.07) is 10.7. The second-order valence-corrected chi connectivity index (χ2v) is 7.04.